The van der Waals surface area contributed by atoms with Crippen LogP contribution in [0.3, 0.4) is 0 Å². The van der Waals surface area contributed by atoms with E-state index in [0.717, 1.165) is 50.5 Å². The summed E-state index contributed by atoms with van der Waals surface area (Å²) in [6.45, 7) is 0.528. The standard InChI is InChI=1S/C22H26O2/c23-21(24-18-10-7-13-19-11-3-1-4-12-19)22(16-8-9-17-22)20-14-5-2-6-15-20/h1-6,11-12,14-15H,7-10,13,16-18H2. The van der Waals surface area contributed by atoms with Crippen LogP contribution in [0.2, 0.25) is 0 Å². The maximum absolute atomic E-state index is 12.8. The summed E-state index contributed by atoms with van der Waals surface area (Å²) in [7, 11) is 0. The van der Waals surface area contributed by atoms with Crippen molar-refractivity contribution in [2.45, 2.75) is 50.4 Å². The molecule has 0 N–H and O–H groups in total. The molecule has 2 nitrogen and oxygen atoms in total. The third-order valence-electron chi connectivity index (χ3n) is 5.11. The highest BCUT2D eigenvalue weighted by molar-refractivity contribution is 5.83. The van der Waals surface area contributed by atoms with Crippen LogP contribution in [0.25, 0.3) is 0 Å². The highest BCUT2D eigenvalue weighted by Gasteiger charge is 2.43. The predicted molar refractivity (Wildman–Crippen MR) is 96.9 cm³/mol. The lowest BCUT2D eigenvalue weighted by molar-refractivity contribution is -0.150. The number of hydrogen-bond acceptors (Lipinski definition) is 2. The number of esters is 1. The number of unbranched alkanes of at least 4 members (excludes halogenated alkanes) is 1. The normalized spacial score (nSPS) is 16.0. The molecule has 0 spiro atoms. The summed E-state index contributed by atoms with van der Waals surface area (Å²) in [6, 6.07) is 20.6. The fourth-order valence-corrected chi connectivity index (χ4v) is 3.73. The maximum Gasteiger partial charge on any atom is 0.316 e. The van der Waals surface area contributed by atoms with Crippen LogP contribution in [0.1, 0.15) is 49.7 Å². The van der Waals surface area contributed by atoms with E-state index in [-0.39, 0.29) is 5.97 Å². The monoisotopic (exact) mass is 322 g/mol. The van der Waals surface area contributed by atoms with Crippen LogP contribution in [0.5, 0.6) is 0 Å². The molecule has 0 saturated heterocycles. The first-order valence-electron chi connectivity index (χ1n) is 9.08. The summed E-state index contributed by atoms with van der Waals surface area (Å²) >= 11 is 0. The molecule has 1 saturated carbocycles. The molecule has 2 aromatic rings. The number of ether oxygens (including phenoxy) is 1. The minimum atomic E-state index is -0.402. The number of carbonyl (C=O) groups excluding carboxylic acids is 1. The Bertz CT molecular complexity index is 628. The van der Waals surface area contributed by atoms with E-state index in [9.17, 15) is 4.79 Å². The third-order valence-corrected chi connectivity index (χ3v) is 5.11. The molecule has 3 rings (SSSR count). The molecule has 2 heteroatoms. The Balaban J connectivity index is 1.50. The van der Waals surface area contributed by atoms with E-state index in [2.05, 4.69) is 36.4 Å². The van der Waals surface area contributed by atoms with E-state index >= 15 is 0 Å². The molecule has 0 amide bonds. The van der Waals surface area contributed by atoms with Gasteiger partial charge >= 0.3 is 5.97 Å². The molecule has 24 heavy (non-hydrogen) atoms. The molecule has 1 aliphatic carbocycles. The van der Waals surface area contributed by atoms with E-state index < -0.39 is 5.41 Å². The molecular weight excluding hydrogens is 296 g/mol. The lowest BCUT2D eigenvalue weighted by Crippen LogP contribution is -2.34. The van der Waals surface area contributed by atoms with E-state index in [0.29, 0.717) is 6.61 Å². The second-order valence-electron chi connectivity index (χ2n) is 6.73. The van der Waals surface area contributed by atoms with Gasteiger partial charge in [0.1, 0.15) is 0 Å². The number of hydrogen-bond donors (Lipinski definition) is 0. The quantitative estimate of drug-likeness (QED) is 0.526. The van der Waals surface area contributed by atoms with E-state index in [4.69, 9.17) is 4.74 Å². The fraction of sp³-hybridized carbons (Fsp3) is 0.409. The van der Waals surface area contributed by atoms with Gasteiger partial charge in [-0.05, 0) is 43.2 Å². The first-order valence-corrected chi connectivity index (χ1v) is 9.08. The molecule has 0 bridgehead atoms. The molecule has 126 valence electrons. The van der Waals surface area contributed by atoms with Crippen molar-refractivity contribution >= 4 is 5.97 Å². The summed E-state index contributed by atoms with van der Waals surface area (Å²) in [6.07, 6.45) is 7.07. The van der Waals surface area contributed by atoms with Gasteiger partial charge in [0.2, 0.25) is 0 Å². The lowest BCUT2D eigenvalue weighted by Gasteiger charge is -2.27. The van der Waals surface area contributed by atoms with Crippen LogP contribution in [0.15, 0.2) is 60.7 Å². The number of carbonyl (C=O) groups is 1. The molecule has 0 aliphatic heterocycles. The Morgan fingerprint density at radius 2 is 1.50 bits per heavy atom. The van der Waals surface area contributed by atoms with Gasteiger partial charge < -0.3 is 4.74 Å². The van der Waals surface area contributed by atoms with Crippen LogP contribution < -0.4 is 0 Å². The van der Waals surface area contributed by atoms with Crippen LogP contribution in [-0.2, 0) is 21.4 Å². The summed E-state index contributed by atoms with van der Waals surface area (Å²) < 4.78 is 5.68. The van der Waals surface area contributed by atoms with Crippen molar-refractivity contribution in [1.82, 2.24) is 0 Å². The van der Waals surface area contributed by atoms with E-state index in [1.54, 1.807) is 0 Å². The van der Waals surface area contributed by atoms with Crippen molar-refractivity contribution in [2.24, 2.45) is 0 Å². The molecule has 0 unspecified atom stereocenters. The van der Waals surface area contributed by atoms with Gasteiger partial charge in [-0.15, -0.1) is 0 Å². The minimum absolute atomic E-state index is 0.0223. The van der Waals surface area contributed by atoms with Crippen LogP contribution in [0.4, 0.5) is 0 Å². The fourth-order valence-electron chi connectivity index (χ4n) is 3.73. The van der Waals surface area contributed by atoms with Crippen LogP contribution in [-0.4, -0.2) is 12.6 Å². The molecule has 2 aromatic carbocycles. The summed E-state index contributed by atoms with van der Waals surface area (Å²) in [4.78, 5) is 12.8. The second-order valence-corrected chi connectivity index (χ2v) is 6.73. The lowest BCUT2D eigenvalue weighted by atomic mass is 9.79. The van der Waals surface area contributed by atoms with Gasteiger partial charge in [0.05, 0.1) is 12.0 Å². The van der Waals surface area contributed by atoms with Crippen molar-refractivity contribution in [1.29, 1.82) is 0 Å². The molecular formula is C22H26O2. The Kier molecular flexibility index (Phi) is 5.68. The van der Waals surface area contributed by atoms with Crippen LogP contribution in [0, 0.1) is 0 Å². The Morgan fingerprint density at radius 3 is 2.17 bits per heavy atom. The van der Waals surface area contributed by atoms with Crippen molar-refractivity contribution < 1.29 is 9.53 Å². The molecule has 0 radical (unpaired) electrons. The SMILES string of the molecule is O=C(OCCCCc1ccccc1)C1(c2ccccc2)CCCC1. The Labute approximate surface area is 144 Å². The zero-order valence-corrected chi connectivity index (χ0v) is 14.2. The number of rotatable bonds is 7. The van der Waals surface area contributed by atoms with Crippen molar-refractivity contribution in [3.05, 3.63) is 71.8 Å². The zero-order valence-electron chi connectivity index (χ0n) is 14.2. The second kappa shape index (κ2) is 8.14. The average molecular weight is 322 g/mol. The van der Waals surface area contributed by atoms with E-state index in [1.165, 1.54) is 5.56 Å². The van der Waals surface area contributed by atoms with E-state index in [1.807, 2.05) is 24.3 Å². The van der Waals surface area contributed by atoms with Gasteiger partial charge in [0, 0.05) is 0 Å². The summed E-state index contributed by atoms with van der Waals surface area (Å²) in [5.74, 6) is -0.0223. The summed E-state index contributed by atoms with van der Waals surface area (Å²) in [5.41, 5.74) is 2.07. The Morgan fingerprint density at radius 1 is 0.875 bits per heavy atom. The van der Waals surface area contributed by atoms with Gasteiger partial charge in [0.15, 0.2) is 0 Å². The van der Waals surface area contributed by atoms with Crippen LogP contribution >= 0.6 is 0 Å². The third kappa shape index (κ3) is 3.87. The topological polar surface area (TPSA) is 26.3 Å². The predicted octanol–water partition coefficient (Wildman–Crippen LogP) is 5.06. The minimum Gasteiger partial charge on any atom is -0.465 e. The largest absolute Gasteiger partial charge is 0.465 e. The van der Waals surface area contributed by atoms with Gasteiger partial charge in [-0.3, -0.25) is 4.79 Å². The molecule has 1 fully saturated rings. The molecule has 0 heterocycles. The zero-order chi connectivity index (χ0) is 16.7. The first kappa shape index (κ1) is 16.8. The average Bonchev–Trinajstić information content (AvgIpc) is 3.14. The summed E-state index contributed by atoms with van der Waals surface area (Å²) in [5, 5.41) is 0. The Hall–Kier alpha value is -2.09. The van der Waals surface area contributed by atoms with Crippen molar-refractivity contribution in [3.8, 4) is 0 Å². The molecule has 0 aromatic heterocycles. The first-order chi connectivity index (χ1) is 11.8. The highest BCUT2D eigenvalue weighted by atomic mass is 16.5. The number of aryl methyl sites for hydroxylation is 1. The van der Waals surface area contributed by atoms with Gasteiger partial charge in [-0.25, -0.2) is 0 Å². The maximum atomic E-state index is 12.8. The van der Waals surface area contributed by atoms with Crippen molar-refractivity contribution in [2.75, 3.05) is 6.61 Å². The van der Waals surface area contributed by atoms with Crippen molar-refractivity contribution in [3.63, 3.8) is 0 Å². The van der Waals surface area contributed by atoms with Gasteiger partial charge in [-0.1, -0.05) is 73.5 Å². The molecule has 1 aliphatic rings. The number of benzene rings is 2. The molecule has 0 atom stereocenters. The smallest absolute Gasteiger partial charge is 0.316 e. The highest BCUT2D eigenvalue weighted by Crippen LogP contribution is 2.42. The van der Waals surface area contributed by atoms with Gasteiger partial charge in [-0.2, -0.15) is 0 Å². The van der Waals surface area contributed by atoms with Gasteiger partial charge in [0.25, 0.3) is 0 Å².